The van der Waals surface area contributed by atoms with E-state index < -0.39 is 0 Å². The normalized spacial score (nSPS) is 11.7. The maximum atomic E-state index is 4.27. The lowest BCUT2D eigenvalue weighted by Gasteiger charge is -2.06. The molecule has 0 saturated heterocycles. The molecule has 1 aromatic heterocycles. The van der Waals surface area contributed by atoms with E-state index in [0.29, 0.717) is 0 Å². The highest BCUT2D eigenvalue weighted by molar-refractivity contribution is 5.47. The number of aryl methyl sites for hydroxylation is 1. The maximum absolute atomic E-state index is 4.27. The molecule has 0 unspecified atom stereocenters. The third kappa shape index (κ3) is 6.42. The molecular formula is C17H28N2. The van der Waals surface area contributed by atoms with E-state index in [1.54, 1.807) is 0 Å². The first kappa shape index (κ1) is 15.7. The van der Waals surface area contributed by atoms with E-state index in [2.05, 4.69) is 49.4 Å². The fourth-order valence-corrected chi connectivity index (χ4v) is 2.08. The number of nitrogens with zero attached hydrogens (tertiary/aromatic N) is 2. The summed E-state index contributed by atoms with van der Waals surface area (Å²) in [7, 11) is 0. The van der Waals surface area contributed by atoms with E-state index in [0.717, 1.165) is 19.4 Å². The molecule has 0 saturated carbocycles. The minimum atomic E-state index is 1.08. The Morgan fingerprint density at radius 1 is 1.26 bits per heavy atom. The van der Waals surface area contributed by atoms with E-state index in [1.165, 1.54) is 36.1 Å². The van der Waals surface area contributed by atoms with Crippen LogP contribution in [0.1, 0.15) is 65.5 Å². The van der Waals surface area contributed by atoms with Crippen LogP contribution in [0, 0.1) is 0 Å². The lowest BCUT2D eigenvalue weighted by molar-refractivity contribution is 0.599. The van der Waals surface area contributed by atoms with Crippen molar-refractivity contribution in [2.24, 2.45) is 0 Å². The second kappa shape index (κ2) is 8.73. The van der Waals surface area contributed by atoms with Crippen molar-refractivity contribution in [3.05, 3.63) is 35.4 Å². The third-order valence-electron chi connectivity index (χ3n) is 3.23. The molecule has 0 atom stereocenters. The number of allylic oxidation sites excluding steroid dienone is 3. The van der Waals surface area contributed by atoms with Gasteiger partial charge >= 0.3 is 0 Å². The van der Waals surface area contributed by atoms with Gasteiger partial charge in [-0.15, -0.1) is 0 Å². The number of aromatic nitrogens is 2. The summed E-state index contributed by atoms with van der Waals surface area (Å²) >= 11 is 0. The van der Waals surface area contributed by atoms with Crippen molar-refractivity contribution in [1.82, 2.24) is 9.55 Å². The Kier molecular flexibility index (Phi) is 7.24. The molecule has 19 heavy (non-hydrogen) atoms. The highest BCUT2D eigenvalue weighted by atomic mass is 15.0. The van der Waals surface area contributed by atoms with Crippen molar-refractivity contribution in [3.63, 3.8) is 0 Å². The molecule has 2 nitrogen and oxygen atoms in total. The molecule has 1 rings (SSSR count). The predicted molar refractivity (Wildman–Crippen MR) is 84.1 cm³/mol. The highest BCUT2D eigenvalue weighted by Gasteiger charge is 1.99. The van der Waals surface area contributed by atoms with Crippen LogP contribution in [0.3, 0.4) is 0 Å². The Balaban J connectivity index is 2.54. The summed E-state index contributed by atoms with van der Waals surface area (Å²) in [6, 6.07) is 0. The lowest BCUT2D eigenvalue weighted by atomic mass is 10.1. The molecule has 0 bridgehead atoms. The number of hydrogen-bond acceptors (Lipinski definition) is 1. The number of rotatable bonds is 8. The van der Waals surface area contributed by atoms with Crippen LogP contribution in [0.2, 0.25) is 0 Å². The second-order valence-corrected chi connectivity index (χ2v) is 5.53. The Morgan fingerprint density at radius 2 is 2.05 bits per heavy atom. The summed E-state index contributed by atoms with van der Waals surface area (Å²) in [5, 5.41) is 0. The smallest absolute Gasteiger partial charge is 0.0950 e. The molecular weight excluding hydrogens is 232 g/mol. The zero-order valence-electron chi connectivity index (χ0n) is 12.9. The second-order valence-electron chi connectivity index (χ2n) is 5.53. The number of unbranched alkanes of at least 4 members (excludes halogenated alkanes) is 2. The van der Waals surface area contributed by atoms with Crippen LogP contribution in [0.25, 0.3) is 6.08 Å². The molecule has 106 valence electrons. The van der Waals surface area contributed by atoms with Crippen LogP contribution in [0.5, 0.6) is 0 Å². The van der Waals surface area contributed by atoms with E-state index >= 15 is 0 Å². The van der Waals surface area contributed by atoms with Gasteiger partial charge in [-0.2, -0.15) is 0 Å². The Labute approximate surface area is 118 Å². The van der Waals surface area contributed by atoms with Gasteiger partial charge in [0.25, 0.3) is 0 Å². The summed E-state index contributed by atoms with van der Waals surface area (Å²) in [5.41, 5.74) is 4.07. The molecule has 0 aliphatic rings. The topological polar surface area (TPSA) is 17.8 Å². The van der Waals surface area contributed by atoms with Crippen LogP contribution in [0.15, 0.2) is 29.7 Å². The highest BCUT2D eigenvalue weighted by Crippen LogP contribution is 2.13. The van der Waals surface area contributed by atoms with Crippen molar-refractivity contribution in [2.45, 2.75) is 66.3 Å². The Hall–Kier alpha value is -1.31. The monoisotopic (exact) mass is 260 g/mol. The Morgan fingerprint density at radius 3 is 2.74 bits per heavy atom. The summed E-state index contributed by atoms with van der Waals surface area (Å²) in [6.07, 6.45) is 14.6. The summed E-state index contributed by atoms with van der Waals surface area (Å²) in [5.74, 6) is 0. The third-order valence-corrected chi connectivity index (χ3v) is 3.23. The van der Waals surface area contributed by atoms with Gasteiger partial charge in [0.05, 0.1) is 18.2 Å². The van der Waals surface area contributed by atoms with Crippen LogP contribution in [0.4, 0.5) is 0 Å². The standard InChI is InChI=1S/C17H28N2/c1-5-6-7-11-19-14-18-13-17(19)12-16(4)10-8-9-15(2)3/h9,12-14H,5-8,10-11H2,1-4H3. The summed E-state index contributed by atoms with van der Waals surface area (Å²) in [6.45, 7) is 9.84. The van der Waals surface area contributed by atoms with Gasteiger partial charge in [0.15, 0.2) is 0 Å². The molecule has 0 fully saturated rings. The first-order valence-electron chi connectivity index (χ1n) is 7.44. The van der Waals surface area contributed by atoms with E-state index in [9.17, 15) is 0 Å². The fourth-order valence-electron chi connectivity index (χ4n) is 2.08. The molecule has 0 aliphatic carbocycles. The largest absolute Gasteiger partial charge is 0.331 e. The predicted octanol–water partition coefficient (Wildman–Crippen LogP) is 5.22. The van der Waals surface area contributed by atoms with Gasteiger partial charge in [-0.1, -0.05) is 37.0 Å². The zero-order valence-corrected chi connectivity index (χ0v) is 12.9. The van der Waals surface area contributed by atoms with Gasteiger partial charge in [-0.3, -0.25) is 0 Å². The maximum Gasteiger partial charge on any atom is 0.0950 e. The Bertz CT molecular complexity index is 420. The van der Waals surface area contributed by atoms with Crippen LogP contribution < -0.4 is 0 Å². The van der Waals surface area contributed by atoms with Gasteiger partial charge in [-0.05, 0) is 46.1 Å². The molecule has 0 aromatic carbocycles. The van der Waals surface area contributed by atoms with Crippen LogP contribution in [-0.2, 0) is 6.54 Å². The summed E-state index contributed by atoms with van der Waals surface area (Å²) < 4.78 is 2.26. The molecule has 0 radical (unpaired) electrons. The fraction of sp³-hybridized carbons (Fsp3) is 0.588. The molecule has 0 N–H and O–H groups in total. The number of imidazole rings is 1. The molecule has 0 aliphatic heterocycles. The van der Waals surface area contributed by atoms with Gasteiger partial charge in [0.2, 0.25) is 0 Å². The average molecular weight is 260 g/mol. The average Bonchev–Trinajstić information content (AvgIpc) is 2.76. The number of hydrogen-bond donors (Lipinski definition) is 0. The van der Waals surface area contributed by atoms with Crippen molar-refractivity contribution in [1.29, 1.82) is 0 Å². The van der Waals surface area contributed by atoms with Gasteiger partial charge in [0.1, 0.15) is 0 Å². The molecule has 0 amide bonds. The van der Waals surface area contributed by atoms with Crippen LogP contribution in [-0.4, -0.2) is 9.55 Å². The van der Waals surface area contributed by atoms with Gasteiger partial charge in [-0.25, -0.2) is 4.98 Å². The van der Waals surface area contributed by atoms with Crippen molar-refractivity contribution in [2.75, 3.05) is 0 Å². The first-order chi connectivity index (χ1) is 9.13. The van der Waals surface area contributed by atoms with E-state index in [1.807, 2.05) is 12.5 Å². The molecule has 2 heteroatoms. The zero-order chi connectivity index (χ0) is 14.1. The van der Waals surface area contributed by atoms with E-state index in [4.69, 9.17) is 0 Å². The molecule has 1 aromatic rings. The van der Waals surface area contributed by atoms with Crippen molar-refractivity contribution in [3.8, 4) is 0 Å². The SMILES string of the molecule is CCCCCn1cncc1C=C(C)CCC=C(C)C. The van der Waals surface area contributed by atoms with Crippen molar-refractivity contribution < 1.29 is 0 Å². The minimum Gasteiger partial charge on any atom is -0.331 e. The van der Waals surface area contributed by atoms with Gasteiger partial charge < -0.3 is 4.57 Å². The van der Waals surface area contributed by atoms with Gasteiger partial charge in [0, 0.05) is 6.54 Å². The molecule has 0 spiro atoms. The lowest BCUT2D eigenvalue weighted by Crippen LogP contribution is -1.98. The molecule has 1 heterocycles. The summed E-state index contributed by atoms with van der Waals surface area (Å²) in [4.78, 5) is 4.27. The van der Waals surface area contributed by atoms with Crippen LogP contribution >= 0.6 is 0 Å². The van der Waals surface area contributed by atoms with Crippen molar-refractivity contribution >= 4 is 6.08 Å². The minimum absolute atomic E-state index is 1.08. The first-order valence-corrected chi connectivity index (χ1v) is 7.44. The quantitative estimate of drug-likeness (QED) is 0.462. The van der Waals surface area contributed by atoms with E-state index in [-0.39, 0.29) is 0 Å².